The summed E-state index contributed by atoms with van der Waals surface area (Å²) in [4.78, 5) is 30.2. The Labute approximate surface area is 202 Å². The second-order valence-electron chi connectivity index (χ2n) is 9.61. The number of hydrogen-bond acceptors (Lipinski definition) is 3. The van der Waals surface area contributed by atoms with Crippen molar-refractivity contribution in [1.29, 1.82) is 0 Å². The Morgan fingerprint density at radius 1 is 0.735 bits per heavy atom. The maximum atomic E-state index is 13.4. The van der Waals surface area contributed by atoms with E-state index in [-0.39, 0.29) is 23.8 Å². The summed E-state index contributed by atoms with van der Waals surface area (Å²) in [5.74, 6) is 0.551. The number of nitrogens with zero attached hydrogens (tertiary/aromatic N) is 2. The molecule has 0 N–H and O–H groups in total. The quantitative estimate of drug-likeness (QED) is 0.479. The summed E-state index contributed by atoms with van der Waals surface area (Å²) in [6, 6.07) is 30.7. The average molecular weight is 453 g/mol. The second-order valence-corrected chi connectivity index (χ2v) is 9.61. The highest BCUT2D eigenvalue weighted by Crippen LogP contribution is 2.31. The van der Waals surface area contributed by atoms with Crippen LogP contribution in [0.2, 0.25) is 0 Å². The average Bonchev–Trinajstić information content (AvgIpc) is 3.17. The number of carbonyl (C=O) groups excluding carboxylic acids is 2. The summed E-state index contributed by atoms with van der Waals surface area (Å²) in [7, 11) is 0. The molecular weight excluding hydrogens is 420 g/mol. The number of benzene rings is 3. The third-order valence-corrected chi connectivity index (χ3v) is 7.45. The van der Waals surface area contributed by atoms with Gasteiger partial charge in [-0.1, -0.05) is 91.0 Å². The van der Waals surface area contributed by atoms with Gasteiger partial charge >= 0.3 is 0 Å². The number of hydrogen-bond donors (Lipinski definition) is 0. The van der Waals surface area contributed by atoms with Crippen LogP contribution in [0.15, 0.2) is 91.0 Å². The Morgan fingerprint density at radius 3 is 1.82 bits per heavy atom. The molecule has 2 aliphatic heterocycles. The molecule has 4 heteroatoms. The van der Waals surface area contributed by atoms with Crippen LogP contribution in [0.3, 0.4) is 0 Å². The van der Waals surface area contributed by atoms with Gasteiger partial charge in [-0.05, 0) is 55.0 Å². The van der Waals surface area contributed by atoms with Gasteiger partial charge in [0.15, 0.2) is 0 Å². The van der Waals surface area contributed by atoms with Crippen molar-refractivity contribution in [2.45, 2.75) is 37.6 Å². The van der Waals surface area contributed by atoms with Gasteiger partial charge in [-0.15, -0.1) is 0 Å². The maximum Gasteiger partial charge on any atom is 0.247 e. The first-order valence-corrected chi connectivity index (χ1v) is 12.4. The lowest BCUT2D eigenvalue weighted by Gasteiger charge is -2.35. The summed E-state index contributed by atoms with van der Waals surface area (Å²) in [5, 5.41) is 0. The van der Waals surface area contributed by atoms with Crippen LogP contribution in [0.25, 0.3) is 0 Å². The molecule has 2 aliphatic rings. The molecule has 3 aromatic rings. The first-order valence-electron chi connectivity index (χ1n) is 12.4. The van der Waals surface area contributed by atoms with Gasteiger partial charge in [-0.2, -0.15) is 0 Å². The third-order valence-electron chi connectivity index (χ3n) is 7.45. The van der Waals surface area contributed by atoms with Gasteiger partial charge in [-0.3, -0.25) is 19.4 Å². The normalized spacial score (nSPS) is 19.8. The van der Waals surface area contributed by atoms with Crippen LogP contribution in [0.4, 0.5) is 0 Å². The molecular formula is C30H32N2O2. The largest absolute Gasteiger partial charge is 0.292 e. The maximum absolute atomic E-state index is 13.4. The van der Waals surface area contributed by atoms with Gasteiger partial charge in [0.1, 0.15) is 0 Å². The van der Waals surface area contributed by atoms with Crippen molar-refractivity contribution in [2.75, 3.05) is 19.6 Å². The molecule has 3 aromatic carbocycles. The lowest BCUT2D eigenvalue weighted by atomic mass is 9.89. The Kier molecular flexibility index (Phi) is 6.87. The fourth-order valence-corrected chi connectivity index (χ4v) is 5.52. The van der Waals surface area contributed by atoms with E-state index in [4.69, 9.17) is 0 Å². The Bertz CT molecular complexity index is 1050. The van der Waals surface area contributed by atoms with Crippen LogP contribution >= 0.6 is 0 Å². The van der Waals surface area contributed by atoms with E-state index in [1.807, 2.05) is 36.4 Å². The van der Waals surface area contributed by atoms with Crippen LogP contribution in [-0.2, 0) is 16.0 Å². The highest BCUT2D eigenvalue weighted by atomic mass is 16.2. The fraction of sp³-hybridized carbons (Fsp3) is 0.333. The predicted molar refractivity (Wildman–Crippen MR) is 134 cm³/mol. The SMILES string of the molecule is O=C1C[C@H](N2CCC(Cc3ccccc3)CC2)C(=O)N1CC(c1ccccc1)c1ccccc1. The standard InChI is InChI=1S/C30H32N2O2/c33-29-21-28(31-18-16-24(17-19-31)20-23-10-4-1-5-11-23)30(34)32(29)22-27(25-12-6-2-7-13-25)26-14-8-3-9-15-26/h1-15,24,27-28H,16-22H2/t28-/m0/s1. The first-order chi connectivity index (χ1) is 16.7. The minimum absolute atomic E-state index is 0.0225. The van der Waals surface area contributed by atoms with Crippen LogP contribution in [0.5, 0.6) is 0 Å². The lowest BCUT2D eigenvalue weighted by molar-refractivity contribution is -0.140. The molecule has 2 amide bonds. The highest BCUT2D eigenvalue weighted by Gasteiger charge is 2.43. The van der Waals surface area contributed by atoms with Crippen molar-refractivity contribution in [3.63, 3.8) is 0 Å². The van der Waals surface area contributed by atoms with Crippen LogP contribution in [0.1, 0.15) is 41.9 Å². The van der Waals surface area contributed by atoms with E-state index in [9.17, 15) is 9.59 Å². The Hall–Kier alpha value is -3.24. The van der Waals surface area contributed by atoms with Gasteiger partial charge in [-0.25, -0.2) is 0 Å². The fourth-order valence-electron chi connectivity index (χ4n) is 5.52. The molecule has 4 nitrogen and oxygen atoms in total. The van der Waals surface area contributed by atoms with E-state index in [2.05, 4.69) is 59.5 Å². The number of rotatable bonds is 7. The van der Waals surface area contributed by atoms with E-state index in [0.29, 0.717) is 18.9 Å². The summed E-state index contributed by atoms with van der Waals surface area (Å²) < 4.78 is 0. The van der Waals surface area contributed by atoms with Gasteiger partial charge in [0.05, 0.1) is 12.5 Å². The summed E-state index contributed by atoms with van der Waals surface area (Å²) in [6.45, 7) is 2.16. The monoisotopic (exact) mass is 452 g/mol. The molecule has 2 saturated heterocycles. The molecule has 0 saturated carbocycles. The lowest BCUT2D eigenvalue weighted by Crippen LogP contribution is -2.46. The van der Waals surface area contributed by atoms with Gasteiger partial charge in [0.25, 0.3) is 0 Å². The van der Waals surface area contributed by atoms with Crippen LogP contribution in [-0.4, -0.2) is 47.3 Å². The molecule has 0 aliphatic carbocycles. The van der Waals surface area contributed by atoms with Crippen molar-refractivity contribution in [3.05, 3.63) is 108 Å². The van der Waals surface area contributed by atoms with Crippen molar-refractivity contribution >= 4 is 11.8 Å². The van der Waals surface area contributed by atoms with Crippen LogP contribution < -0.4 is 0 Å². The molecule has 0 radical (unpaired) electrons. The molecule has 2 heterocycles. The summed E-state index contributed by atoms with van der Waals surface area (Å²) in [6.07, 6.45) is 3.54. The summed E-state index contributed by atoms with van der Waals surface area (Å²) in [5.41, 5.74) is 3.63. The molecule has 5 rings (SSSR count). The topological polar surface area (TPSA) is 40.6 Å². The first kappa shape index (κ1) is 22.5. The Balaban J connectivity index is 1.25. The minimum atomic E-state index is -0.308. The molecule has 1 atom stereocenters. The molecule has 2 fully saturated rings. The number of likely N-dealkylation sites (tertiary alicyclic amines) is 2. The Morgan fingerprint density at radius 2 is 1.26 bits per heavy atom. The van der Waals surface area contributed by atoms with Gasteiger partial charge in [0, 0.05) is 12.5 Å². The van der Waals surface area contributed by atoms with E-state index in [1.54, 1.807) is 0 Å². The van der Waals surface area contributed by atoms with Crippen molar-refractivity contribution in [1.82, 2.24) is 9.80 Å². The number of imide groups is 1. The van der Waals surface area contributed by atoms with E-state index in [0.717, 1.165) is 43.5 Å². The summed E-state index contributed by atoms with van der Waals surface area (Å²) >= 11 is 0. The van der Waals surface area contributed by atoms with Crippen LogP contribution in [0, 0.1) is 5.92 Å². The number of carbonyl (C=O) groups is 2. The van der Waals surface area contributed by atoms with Crippen molar-refractivity contribution < 1.29 is 9.59 Å². The molecule has 34 heavy (non-hydrogen) atoms. The van der Waals surface area contributed by atoms with Gasteiger partial charge in [0.2, 0.25) is 11.8 Å². The number of amides is 2. The molecule has 0 unspecified atom stereocenters. The van der Waals surface area contributed by atoms with E-state index < -0.39 is 0 Å². The molecule has 174 valence electrons. The molecule has 0 bridgehead atoms. The predicted octanol–water partition coefficient (Wildman–Crippen LogP) is 4.90. The molecule has 0 aromatic heterocycles. The van der Waals surface area contributed by atoms with Crippen molar-refractivity contribution in [2.24, 2.45) is 5.92 Å². The van der Waals surface area contributed by atoms with Gasteiger partial charge < -0.3 is 0 Å². The number of piperidine rings is 1. The zero-order valence-corrected chi connectivity index (χ0v) is 19.6. The zero-order valence-electron chi connectivity index (χ0n) is 19.6. The zero-order chi connectivity index (χ0) is 23.3. The third kappa shape index (κ3) is 4.97. The van der Waals surface area contributed by atoms with E-state index in [1.165, 1.54) is 10.5 Å². The minimum Gasteiger partial charge on any atom is -0.292 e. The smallest absolute Gasteiger partial charge is 0.247 e. The second kappa shape index (κ2) is 10.4. The highest BCUT2D eigenvalue weighted by molar-refractivity contribution is 6.05. The van der Waals surface area contributed by atoms with E-state index >= 15 is 0 Å². The molecule has 0 spiro atoms. The van der Waals surface area contributed by atoms with Crippen molar-refractivity contribution in [3.8, 4) is 0 Å².